The van der Waals surface area contributed by atoms with Crippen molar-refractivity contribution in [3.05, 3.63) is 0 Å². The van der Waals surface area contributed by atoms with Crippen molar-refractivity contribution >= 4 is 0 Å². The lowest BCUT2D eigenvalue weighted by atomic mass is 9.73. The fourth-order valence-electron chi connectivity index (χ4n) is 1.24. The molecule has 1 heteroatoms. The average molecular weight is 157 g/mol. The van der Waals surface area contributed by atoms with E-state index in [1.165, 1.54) is 0 Å². The molecule has 0 aromatic heterocycles. The lowest BCUT2D eigenvalue weighted by Gasteiger charge is -2.34. The molecule has 0 fully saturated rings. The molecule has 0 spiro atoms. The van der Waals surface area contributed by atoms with Crippen LogP contribution < -0.4 is 5.73 Å². The van der Waals surface area contributed by atoms with Gasteiger partial charge in [0.1, 0.15) is 0 Å². The maximum Gasteiger partial charge on any atom is 0.00388 e. The highest BCUT2D eigenvalue weighted by atomic mass is 14.6. The van der Waals surface area contributed by atoms with Gasteiger partial charge in [-0.25, -0.2) is 0 Å². The first-order valence-electron chi connectivity index (χ1n) is 4.52. The zero-order chi connectivity index (χ0) is 9.23. The van der Waals surface area contributed by atoms with Crippen LogP contribution in [0.25, 0.3) is 0 Å². The smallest absolute Gasteiger partial charge is 0.00388 e. The highest BCUT2D eigenvalue weighted by Gasteiger charge is 2.26. The Morgan fingerprint density at radius 2 is 1.36 bits per heavy atom. The van der Waals surface area contributed by atoms with Crippen molar-refractivity contribution in [2.75, 3.05) is 0 Å². The summed E-state index contributed by atoms with van der Waals surface area (Å²) in [6.07, 6.45) is 0. The van der Waals surface area contributed by atoms with Crippen LogP contribution in [0.15, 0.2) is 0 Å². The quantitative estimate of drug-likeness (QED) is 0.655. The van der Waals surface area contributed by atoms with Crippen molar-refractivity contribution in [1.82, 2.24) is 0 Å². The molecule has 0 rings (SSSR count). The monoisotopic (exact) mass is 157 g/mol. The highest BCUT2D eigenvalue weighted by Crippen LogP contribution is 2.32. The van der Waals surface area contributed by atoms with E-state index in [0.29, 0.717) is 23.3 Å². The maximum atomic E-state index is 5.83. The molecule has 0 bridgehead atoms. The van der Waals surface area contributed by atoms with Gasteiger partial charge >= 0.3 is 0 Å². The maximum absolute atomic E-state index is 5.83. The molecule has 2 N–H and O–H groups in total. The van der Waals surface area contributed by atoms with Crippen LogP contribution in [0.3, 0.4) is 0 Å². The summed E-state index contributed by atoms with van der Waals surface area (Å²) in [4.78, 5) is 0. The van der Waals surface area contributed by atoms with E-state index in [0.717, 1.165) is 0 Å². The Bertz CT molecular complexity index is 111. The molecule has 0 aliphatic carbocycles. The Morgan fingerprint density at radius 3 is 1.45 bits per heavy atom. The van der Waals surface area contributed by atoms with Crippen LogP contribution in [-0.4, -0.2) is 6.04 Å². The van der Waals surface area contributed by atoms with E-state index in [1.54, 1.807) is 0 Å². The van der Waals surface area contributed by atoms with Gasteiger partial charge in [-0.1, -0.05) is 34.6 Å². The lowest BCUT2D eigenvalue weighted by molar-refractivity contribution is 0.171. The molecule has 11 heavy (non-hydrogen) atoms. The molecule has 0 saturated heterocycles. The van der Waals surface area contributed by atoms with Gasteiger partial charge in [0.25, 0.3) is 0 Å². The van der Waals surface area contributed by atoms with E-state index in [9.17, 15) is 0 Å². The Hall–Kier alpha value is -0.0400. The van der Waals surface area contributed by atoms with Crippen molar-refractivity contribution in [3.8, 4) is 0 Å². The molecule has 68 valence electrons. The van der Waals surface area contributed by atoms with Crippen molar-refractivity contribution in [1.29, 1.82) is 0 Å². The van der Waals surface area contributed by atoms with Gasteiger partial charge in [0, 0.05) is 6.04 Å². The molecule has 0 aromatic carbocycles. The first-order chi connectivity index (χ1) is 4.76. The van der Waals surface area contributed by atoms with E-state index < -0.39 is 0 Å². The van der Waals surface area contributed by atoms with Crippen LogP contribution >= 0.6 is 0 Å². The van der Waals surface area contributed by atoms with Gasteiger partial charge in [0.05, 0.1) is 0 Å². The second kappa shape index (κ2) is 3.57. The number of hydrogen-bond acceptors (Lipinski definition) is 1. The van der Waals surface area contributed by atoms with Crippen LogP contribution in [-0.2, 0) is 0 Å². The van der Waals surface area contributed by atoms with Crippen molar-refractivity contribution < 1.29 is 0 Å². The van der Waals surface area contributed by atoms with Gasteiger partial charge in [0.2, 0.25) is 0 Å². The Labute approximate surface area is 71.4 Å². The molecule has 0 heterocycles. The van der Waals surface area contributed by atoms with Crippen LogP contribution in [0.2, 0.25) is 0 Å². The standard InChI is InChI=1S/C10H23N/c1-7(9(3)11)8(2)10(4,5)6/h7-9H,11H2,1-6H3. The first-order valence-corrected chi connectivity index (χ1v) is 4.52. The van der Waals surface area contributed by atoms with Crippen LogP contribution in [0.5, 0.6) is 0 Å². The summed E-state index contributed by atoms with van der Waals surface area (Å²) in [5, 5.41) is 0. The Morgan fingerprint density at radius 1 is 1.00 bits per heavy atom. The van der Waals surface area contributed by atoms with Gasteiger partial charge in [-0.15, -0.1) is 0 Å². The second-order valence-corrected chi connectivity index (χ2v) is 4.87. The highest BCUT2D eigenvalue weighted by molar-refractivity contribution is 4.78. The van der Waals surface area contributed by atoms with E-state index in [-0.39, 0.29) is 0 Å². The van der Waals surface area contributed by atoms with Crippen molar-refractivity contribution in [2.45, 2.75) is 47.6 Å². The van der Waals surface area contributed by atoms with E-state index in [2.05, 4.69) is 41.5 Å². The zero-order valence-electron chi connectivity index (χ0n) is 8.81. The first kappa shape index (κ1) is 11.0. The minimum Gasteiger partial charge on any atom is -0.328 e. The van der Waals surface area contributed by atoms with Gasteiger partial charge in [-0.2, -0.15) is 0 Å². The van der Waals surface area contributed by atoms with Gasteiger partial charge < -0.3 is 5.73 Å². The normalized spacial score (nSPS) is 21.0. The molecule has 3 atom stereocenters. The molecule has 0 aliphatic heterocycles. The Kier molecular flexibility index (Phi) is 3.56. The number of nitrogens with two attached hydrogens (primary N) is 1. The third-order valence-corrected chi connectivity index (χ3v) is 2.98. The molecule has 0 aromatic rings. The van der Waals surface area contributed by atoms with E-state index in [4.69, 9.17) is 5.73 Å². The number of hydrogen-bond donors (Lipinski definition) is 1. The molecule has 0 radical (unpaired) electrons. The summed E-state index contributed by atoms with van der Waals surface area (Å²) in [6, 6.07) is 0.309. The minimum atomic E-state index is 0.309. The van der Waals surface area contributed by atoms with Gasteiger partial charge in [0.15, 0.2) is 0 Å². The van der Waals surface area contributed by atoms with E-state index >= 15 is 0 Å². The molecular weight excluding hydrogens is 134 g/mol. The molecule has 0 saturated carbocycles. The topological polar surface area (TPSA) is 26.0 Å². The summed E-state index contributed by atoms with van der Waals surface area (Å²) in [5.74, 6) is 1.29. The zero-order valence-corrected chi connectivity index (χ0v) is 8.81. The fourth-order valence-corrected chi connectivity index (χ4v) is 1.24. The van der Waals surface area contributed by atoms with Crippen molar-refractivity contribution in [2.24, 2.45) is 23.0 Å². The minimum absolute atomic E-state index is 0.309. The van der Waals surface area contributed by atoms with Crippen molar-refractivity contribution in [3.63, 3.8) is 0 Å². The fraction of sp³-hybridized carbons (Fsp3) is 1.00. The van der Waals surface area contributed by atoms with E-state index in [1.807, 2.05) is 0 Å². The average Bonchev–Trinajstić information content (AvgIpc) is 1.82. The summed E-state index contributed by atoms with van der Waals surface area (Å²) in [6.45, 7) is 13.4. The molecule has 0 aliphatic rings. The lowest BCUT2D eigenvalue weighted by Crippen LogP contribution is -2.35. The third-order valence-electron chi connectivity index (χ3n) is 2.98. The van der Waals surface area contributed by atoms with Gasteiger partial charge in [-0.3, -0.25) is 0 Å². The molecule has 0 amide bonds. The molecule has 3 unspecified atom stereocenters. The SMILES string of the molecule is CC(N)C(C)C(C)C(C)(C)C. The third kappa shape index (κ3) is 3.24. The summed E-state index contributed by atoms with van der Waals surface area (Å²) >= 11 is 0. The molecule has 1 nitrogen and oxygen atoms in total. The predicted molar refractivity (Wildman–Crippen MR) is 51.4 cm³/mol. The van der Waals surface area contributed by atoms with Gasteiger partial charge in [-0.05, 0) is 24.2 Å². The van der Waals surface area contributed by atoms with Crippen LogP contribution in [0.1, 0.15) is 41.5 Å². The van der Waals surface area contributed by atoms with Crippen LogP contribution in [0.4, 0.5) is 0 Å². The second-order valence-electron chi connectivity index (χ2n) is 4.87. The van der Waals surface area contributed by atoms with Crippen LogP contribution in [0, 0.1) is 17.3 Å². The number of rotatable bonds is 2. The predicted octanol–water partition coefficient (Wildman–Crippen LogP) is 2.65. The summed E-state index contributed by atoms with van der Waals surface area (Å²) in [7, 11) is 0. The summed E-state index contributed by atoms with van der Waals surface area (Å²) in [5.41, 5.74) is 6.22. The Balaban J connectivity index is 4.13. The largest absolute Gasteiger partial charge is 0.328 e. The summed E-state index contributed by atoms with van der Waals surface area (Å²) < 4.78 is 0. The molecular formula is C10H23N.